The van der Waals surface area contributed by atoms with E-state index in [4.69, 9.17) is 0 Å². The largest absolute Gasteiger partial charge is 0.293 e. The van der Waals surface area contributed by atoms with Crippen LogP contribution in [-0.4, -0.2) is 11.8 Å². The molecule has 0 spiro atoms. The molecule has 2 heterocycles. The molecule has 0 bridgehead atoms. The molecule has 0 aromatic heterocycles. The van der Waals surface area contributed by atoms with Crippen molar-refractivity contribution in [1.29, 1.82) is 0 Å². The van der Waals surface area contributed by atoms with E-state index in [9.17, 15) is 9.59 Å². The molecule has 0 atom stereocenters. The molecule has 1 aromatic carbocycles. The SMILES string of the molecule is O=C1N=NC=C1C(C1=CN=NC1=O)c1ccccc1. The maximum absolute atomic E-state index is 11.7. The smallest absolute Gasteiger partial charge is 0.265 e. The topological polar surface area (TPSA) is 83.6 Å². The number of azo groups is 2. The van der Waals surface area contributed by atoms with E-state index in [0.29, 0.717) is 11.1 Å². The number of hydrogen-bond donors (Lipinski definition) is 0. The summed E-state index contributed by atoms with van der Waals surface area (Å²) in [6.45, 7) is 0. The first-order chi connectivity index (χ1) is 9.27. The fraction of sp³-hybridized carbons (Fsp3) is 0.0769. The van der Waals surface area contributed by atoms with Crippen LogP contribution in [0.25, 0.3) is 0 Å². The summed E-state index contributed by atoms with van der Waals surface area (Å²) in [7, 11) is 0. The van der Waals surface area contributed by atoms with Crippen molar-refractivity contribution in [1.82, 2.24) is 0 Å². The summed E-state index contributed by atoms with van der Waals surface area (Å²) in [5, 5.41) is 14.1. The van der Waals surface area contributed by atoms with Gasteiger partial charge in [0, 0.05) is 5.92 Å². The highest BCUT2D eigenvalue weighted by Crippen LogP contribution is 2.36. The fourth-order valence-electron chi connectivity index (χ4n) is 2.08. The molecule has 92 valence electrons. The molecule has 0 unspecified atom stereocenters. The summed E-state index contributed by atoms with van der Waals surface area (Å²) in [5.74, 6) is -1.39. The lowest BCUT2D eigenvalue weighted by atomic mass is 9.85. The van der Waals surface area contributed by atoms with Gasteiger partial charge >= 0.3 is 0 Å². The fourth-order valence-corrected chi connectivity index (χ4v) is 2.08. The molecule has 0 aliphatic carbocycles. The number of hydrogen-bond acceptors (Lipinski definition) is 4. The zero-order valence-electron chi connectivity index (χ0n) is 9.72. The predicted molar refractivity (Wildman–Crippen MR) is 65.1 cm³/mol. The maximum Gasteiger partial charge on any atom is 0.293 e. The average Bonchev–Trinajstić information content (AvgIpc) is 3.02. The third kappa shape index (κ3) is 1.93. The van der Waals surface area contributed by atoms with Crippen LogP contribution in [0.4, 0.5) is 0 Å². The lowest BCUT2D eigenvalue weighted by Gasteiger charge is -2.16. The Kier molecular flexibility index (Phi) is 2.68. The van der Waals surface area contributed by atoms with Gasteiger partial charge in [0.2, 0.25) is 0 Å². The van der Waals surface area contributed by atoms with Crippen LogP contribution >= 0.6 is 0 Å². The summed E-state index contributed by atoms with van der Waals surface area (Å²) >= 11 is 0. The lowest BCUT2D eigenvalue weighted by molar-refractivity contribution is -0.114. The van der Waals surface area contributed by atoms with Gasteiger partial charge in [-0.2, -0.15) is 10.2 Å². The van der Waals surface area contributed by atoms with Gasteiger partial charge in [-0.15, -0.1) is 10.2 Å². The third-order valence-electron chi connectivity index (χ3n) is 2.94. The minimum Gasteiger partial charge on any atom is -0.265 e. The molecule has 0 saturated heterocycles. The van der Waals surface area contributed by atoms with E-state index in [1.165, 1.54) is 12.4 Å². The summed E-state index contributed by atoms with van der Waals surface area (Å²) in [6, 6.07) is 9.21. The molecule has 0 N–H and O–H groups in total. The van der Waals surface area contributed by atoms with Crippen LogP contribution in [0.2, 0.25) is 0 Å². The van der Waals surface area contributed by atoms with Crippen LogP contribution < -0.4 is 0 Å². The van der Waals surface area contributed by atoms with Crippen molar-refractivity contribution in [2.45, 2.75) is 5.92 Å². The summed E-state index contributed by atoms with van der Waals surface area (Å²) < 4.78 is 0. The van der Waals surface area contributed by atoms with Gasteiger partial charge in [-0.3, -0.25) is 9.59 Å². The molecule has 6 nitrogen and oxygen atoms in total. The third-order valence-corrected chi connectivity index (χ3v) is 2.94. The molecule has 1 aromatic rings. The van der Waals surface area contributed by atoms with Gasteiger partial charge in [-0.05, 0) is 5.56 Å². The highest BCUT2D eigenvalue weighted by Gasteiger charge is 2.33. The van der Waals surface area contributed by atoms with Crippen LogP contribution in [0.1, 0.15) is 11.5 Å². The van der Waals surface area contributed by atoms with Gasteiger partial charge < -0.3 is 0 Å². The first kappa shape index (κ1) is 11.3. The second kappa shape index (κ2) is 4.49. The Morgan fingerprint density at radius 2 is 1.32 bits per heavy atom. The van der Waals surface area contributed by atoms with Crippen LogP contribution in [-0.2, 0) is 9.59 Å². The van der Waals surface area contributed by atoms with E-state index in [2.05, 4.69) is 20.5 Å². The molecule has 0 fully saturated rings. The Morgan fingerprint density at radius 1 is 0.789 bits per heavy atom. The van der Waals surface area contributed by atoms with E-state index < -0.39 is 17.7 Å². The van der Waals surface area contributed by atoms with Crippen LogP contribution in [0.5, 0.6) is 0 Å². The van der Waals surface area contributed by atoms with Crippen molar-refractivity contribution in [3.8, 4) is 0 Å². The van der Waals surface area contributed by atoms with E-state index in [1.807, 2.05) is 30.3 Å². The van der Waals surface area contributed by atoms with Crippen molar-refractivity contribution < 1.29 is 9.59 Å². The van der Waals surface area contributed by atoms with Crippen molar-refractivity contribution >= 4 is 11.8 Å². The molecule has 2 amide bonds. The summed E-state index contributed by atoms with van der Waals surface area (Å²) in [5.41, 5.74) is 1.53. The molecule has 19 heavy (non-hydrogen) atoms. The second-order valence-electron chi connectivity index (χ2n) is 4.05. The second-order valence-corrected chi connectivity index (χ2v) is 4.05. The summed E-state index contributed by atoms with van der Waals surface area (Å²) in [4.78, 5) is 23.4. The van der Waals surface area contributed by atoms with Gasteiger partial charge in [-0.25, -0.2) is 0 Å². The first-order valence-corrected chi connectivity index (χ1v) is 5.63. The van der Waals surface area contributed by atoms with Crippen molar-refractivity contribution in [2.75, 3.05) is 0 Å². The van der Waals surface area contributed by atoms with E-state index in [-0.39, 0.29) is 0 Å². The van der Waals surface area contributed by atoms with Gasteiger partial charge in [0.1, 0.15) is 0 Å². The normalized spacial score (nSPS) is 17.3. The number of rotatable bonds is 3. The molecule has 3 rings (SSSR count). The van der Waals surface area contributed by atoms with Crippen LogP contribution in [0, 0.1) is 0 Å². The van der Waals surface area contributed by atoms with Gasteiger partial charge in [0.05, 0.1) is 23.5 Å². The Hall–Kier alpha value is -2.76. The monoisotopic (exact) mass is 252 g/mol. The summed E-state index contributed by atoms with van der Waals surface area (Å²) in [6.07, 6.45) is 2.76. The number of nitrogens with zero attached hydrogens (tertiary/aromatic N) is 4. The molecular formula is C13H8N4O2. The number of carbonyl (C=O) groups excluding carboxylic acids is 2. The molecule has 0 radical (unpaired) electrons. The molecule has 0 saturated carbocycles. The van der Waals surface area contributed by atoms with Gasteiger partial charge in [0.25, 0.3) is 11.8 Å². The zero-order valence-corrected chi connectivity index (χ0v) is 9.72. The van der Waals surface area contributed by atoms with Crippen molar-refractivity contribution in [2.24, 2.45) is 20.5 Å². The number of benzene rings is 1. The first-order valence-electron chi connectivity index (χ1n) is 5.63. The molecule has 2 aliphatic heterocycles. The van der Waals surface area contributed by atoms with E-state index >= 15 is 0 Å². The predicted octanol–water partition coefficient (Wildman–Crippen LogP) is 2.52. The molecule has 6 heteroatoms. The Balaban J connectivity index is 2.07. The zero-order chi connectivity index (χ0) is 13.2. The maximum atomic E-state index is 11.7. The molecule has 2 aliphatic rings. The van der Waals surface area contributed by atoms with Gasteiger partial charge in [0.15, 0.2) is 0 Å². The van der Waals surface area contributed by atoms with E-state index in [1.54, 1.807) is 0 Å². The quantitative estimate of drug-likeness (QED) is 0.827. The van der Waals surface area contributed by atoms with Crippen LogP contribution in [0.15, 0.2) is 74.3 Å². The number of amides is 2. The van der Waals surface area contributed by atoms with Gasteiger partial charge in [-0.1, -0.05) is 30.3 Å². The Morgan fingerprint density at radius 3 is 1.74 bits per heavy atom. The number of carbonyl (C=O) groups is 2. The van der Waals surface area contributed by atoms with Crippen molar-refractivity contribution in [3.63, 3.8) is 0 Å². The minimum atomic E-state index is -0.522. The Bertz CT molecular complexity index is 631. The highest BCUT2D eigenvalue weighted by molar-refractivity contribution is 6.03. The molecular weight excluding hydrogens is 244 g/mol. The van der Waals surface area contributed by atoms with Crippen LogP contribution in [0.3, 0.4) is 0 Å². The van der Waals surface area contributed by atoms with E-state index in [0.717, 1.165) is 5.56 Å². The standard InChI is InChI=1S/C13H8N4O2/c18-12-9(6-14-16-12)11(8-4-2-1-3-5-8)10-7-15-17-13(10)19/h1-7,11H. The highest BCUT2D eigenvalue weighted by atomic mass is 16.2. The lowest BCUT2D eigenvalue weighted by Crippen LogP contribution is -2.14. The minimum absolute atomic E-state index is 0.359. The van der Waals surface area contributed by atoms with Crippen molar-refractivity contribution in [3.05, 3.63) is 59.4 Å². The average molecular weight is 252 g/mol. The Labute approximate surface area is 108 Å².